The van der Waals surface area contributed by atoms with Crippen molar-refractivity contribution in [3.05, 3.63) is 42.1 Å². The Morgan fingerprint density at radius 3 is 2.47 bits per heavy atom. The van der Waals surface area contributed by atoms with Gasteiger partial charge in [0.15, 0.2) is 0 Å². The highest BCUT2D eigenvalue weighted by Crippen LogP contribution is 2.26. The molecule has 0 radical (unpaired) electrons. The number of halogens is 2. The Hall–Kier alpha value is -2.77. The van der Waals surface area contributed by atoms with E-state index in [9.17, 15) is 18.4 Å². The van der Waals surface area contributed by atoms with Crippen LogP contribution in [0.1, 0.15) is 44.7 Å². The number of amides is 2. The lowest BCUT2D eigenvalue weighted by Gasteiger charge is -2.27. The van der Waals surface area contributed by atoms with Gasteiger partial charge in [-0.2, -0.15) is 5.10 Å². The predicted octanol–water partition coefficient (Wildman–Crippen LogP) is 3.55. The summed E-state index contributed by atoms with van der Waals surface area (Å²) in [5.41, 5.74) is 2.03. The van der Waals surface area contributed by atoms with E-state index in [-0.39, 0.29) is 11.8 Å². The summed E-state index contributed by atoms with van der Waals surface area (Å²) < 4.78 is 29.3. The summed E-state index contributed by atoms with van der Waals surface area (Å²) >= 11 is 0. The van der Waals surface area contributed by atoms with Gasteiger partial charge < -0.3 is 10.2 Å². The van der Waals surface area contributed by atoms with Crippen LogP contribution in [0.2, 0.25) is 0 Å². The standard InChI is InChI=1S/C22H28F2N4O2/c1-14(2)13-19(29)28-12-4-5-18(28)22(30)26-20(21(23)24)16-8-6-15(7-9-16)17-10-11-25-27(17)3/h6-11,14,18,20-21H,4-5,12-13H2,1-3H3,(H,26,30). The van der Waals surface area contributed by atoms with Gasteiger partial charge in [0.1, 0.15) is 12.1 Å². The number of carbonyl (C=O) groups excluding carboxylic acids is 2. The molecule has 6 nitrogen and oxygen atoms in total. The van der Waals surface area contributed by atoms with E-state index in [1.165, 1.54) is 4.90 Å². The smallest absolute Gasteiger partial charge is 0.262 e. The maximum Gasteiger partial charge on any atom is 0.262 e. The topological polar surface area (TPSA) is 67.2 Å². The number of rotatable bonds is 7. The maximum absolute atomic E-state index is 13.8. The maximum atomic E-state index is 13.8. The van der Waals surface area contributed by atoms with Crippen molar-refractivity contribution in [1.82, 2.24) is 20.0 Å². The van der Waals surface area contributed by atoms with Gasteiger partial charge in [0, 0.05) is 26.2 Å². The number of hydrogen-bond donors (Lipinski definition) is 1. The molecule has 2 atom stereocenters. The molecule has 0 saturated carbocycles. The Bertz CT molecular complexity index is 880. The average Bonchev–Trinajstić information content (AvgIpc) is 3.34. The molecule has 30 heavy (non-hydrogen) atoms. The van der Waals surface area contributed by atoms with E-state index < -0.39 is 24.4 Å². The van der Waals surface area contributed by atoms with Gasteiger partial charge in [-0.05, 0) is 36.0 Å². The van der Waals surface area contributed by atoms with Crippen LogP contribution in [0.25, 0.3) is 11.3 Å². The first-order chi connectivity index (χ1) is 14.3. The van der Waals surface area contributed by atoms with Gasteiger partial charge in [-0.25, -0.2) is 8.78 Å². The molecule has 0 aliphatic carbocycles. The summed E-state index contributed by atoms with van der Waals surface area (Å²) in [6, 6.07) is 6.38. The van der Waals surface area contributed by atoms with Gasteiger partial charge in [0.25, 0.3) is 6.43 Å². The van der Waals surface area contributed by atoms with E-state index in [4.69, 9.17) is 0 Å². The van der Waals surface area contributed by atoms with Crippen molar-refractivity contribution in [2.45, 2.75) is 51.6 Å². The quantitative estimate of drug-likeness (QED) is 0.748. The average molecular weight is 418 g/mol. The van der Waals surface area contributed by atoms with Crippen LogP contribution in [0, 0.1) is 5.92 Å². The SMILES string of the molecule is CC(C)CC(=O)N1CCCC1C(=O)NC(c1ccc(-c2ccnn2C)cc1)C(F)F. The first kappa shape index (κ1) is 21.9. The second-order valence-electron chi connectivity index (χ2n) is 8.13. The van der Waals surface area contributed by atoms with Crippen LogP contribution in [0.3, 0.4) is 0 Å². The van der Waals surface area contributed by atoms with Crippen LogP contribution in [-0.4, -0.2) is 45.5 Å². The number of carbonyl (C=O) groups is 2. The number of benzene rings is 1. The van der Waals surface area contributed by atoms with E-state index in [1.807, 2.05) is 19.9 Å². The number of nitrogens with one attached hydrogen (secondary N) is 1. The molecule has 162 valence electrons. The molecule has 1 aliphatic heterocycles. The Labute approximate surface area is 175 Å². The Kier molecular flexibility index (Phi) is 6.84. The van der Waals surface area contributed by atoms with Gasteiger partial charge in [0.05, 0.1) is 5.69 Å². The highest BCUT2D eigenvalue weighted by molar-refractivity contribution is 5.88. The largest absolute Gasteiger partial charge is 0.342 e. The second-order valence-corrected chi connectivity index (χ2v) is 8.13. The van der Waals surface area contributed by atoms with E-state index in [2.05, 4.69) is 10.4 Å². The molecule has 1 N–H and O–H groups in total. The molecule has 1 aromatic carbocycles. The summed E-state index contributed by atoms with van der Waals surface area (Å²) in [6.07, 6.45) is 0.431. The van der Waals surface area contributed by atoms with Crippen molar-refractivity contribution in [2.24, 2.45) is 13.0 Å². The molecular weight excluding hydrogens is 390 g/mol. The summed E-state index contributed by atoms with van der Waals surface area (Å²) in [5.74, 6) is -0.448. The highest BCUT2D eigenvalue weighted by atomic mass is 19.3. The van der Waals surface area contributed by atoms with E-state index in [0.29, 0.717) is 31.4 Å². The lowest BCUT2D eigenvalue weighted by Crippen LogP contribution is -2.48. The third-order valence-electron chi connectivity index (χ3n) is 5.39. The number of aryl methyl sites for hydroxylation is 1. The fraction of sp³-hybridized carbons (Fsp3) is 0.500. The molecule has 2 amide bonds. The molecule has 8 heteroatoms. The minimum Gasteiger partial charge on any atom is -0.342 e. The van der Waals surface area contributed by atoms with E-state index >= 15 is 0 Å². The van der Waals surface area contributed by atoms with Crippen molar-refractivity contribution < 1.29 is 18.4 Å². The molecule has 0 bridgehead atoms. The first-order valence-electron chi connectivity index (χ1n) is 10.2. The molecule has 1 saturated heterocycles. The highest BCUT2D eigenvalue weighted by Gasteiger charge is 2.36. The van der Waals surface area contributed by atoms with Crippen LogP contribution in [0.15, 0.2) is 36.5 Å². The Morgan fingerprint density at radius 1 is 1.20 bits per heavy atom. The van der Waals surface area contributed by atoms with Crippen LogP contribution in [-0.2, 0) is 16.6 Å². The molecule has 0 spiro atoms. The van der Waals surface area contributed by atoms with Crippen molar-refractivity contribution in [2.75, 3.05) is 6.54 Å². The summed E-state index contributed by atoms with van der Waals surface area (Å²) in [6.45, 7) is 4.36. The molecule has 2 heterocycles. The molecular formula is C22H28F2N4O2. The van der Waals surface area contributed by atoms with Gasteiger partial charge in [-0.15, -0.1) is 0 Å². The Morgan fingerprint density at radius 2 is 1.90 bits per heavy atom. The molecule has 3 rings (SSSR count). The molecule has 2 aromatic rings. The second kappa shape index (κ2) is 9.36. The molecule has 1 fully saturated rings. The van der Waals surface area contributed by atoms with Crippen LogP contribution < -0.4 is 5.32 Å². The minimum absolute atomic E-state index is 0.100. The lowest BCUT2D eigenvalue weighted by molar-refractivity contribution is -0.139. The summed E-state index contributed by atoms with van der Waals surface area (Å²) in [7, 11) is 1.80. The van der Waals surface area contributed by atoms with Crippen molar-refractivity contribution in [3.63, 3.8) is 0 Å². The Balaban J connectivity index is 1.73. The minimum atomic E-state index is -2.77. The van der Waals surface area contributed by atoms with E-state index in [1.54, 1.807) is 42.2 Å². The first-order valence-corrected chi connectivity index (χ1v) is 10.2. The fourth-order valence-electron chi connectivity index (χ4n) is 3.86. The van der Waals surface area contributed by atoms with Crippen LogP contribution in [0.4, 0.5) is 8.78 Å². The zero-order valence-corrected chi connectivity index (χ0v) is 17.5. The third-order valence-corrected chi connectivity index (χ3v) is 5.39. The van der Waals surface area contributed by atoms with Gasteiger partial charge in [-0.3, -0.25) is 14.3 Å². The predicted molar refractivity (Wildman–Crippen MR) is 110 cm³/mol. The summed E-state index contributed by atoms with van der Waals surface area (Å²) in [4.78, 5) is 26.7. The fourth-order valence-corrected chi connectivity index (χ4v) is 3.86. The van der Waals surface area contributed by atoms with Crippen molar-refractivity contribution in [3.8, 4) is 11.3 Å². The zero-order chi connectivity index (χ0) is 21.8. The van der Waals surface area contributed by atoms with Crippen LogP contribution in [0.5, 0.6) is 0 Å². The van der Waals surface area contributed by atoms with Gasteiger partial charge in [0.2, 0.25) is 11.8 Å². The number of hydrogen-bond acceptors (Lipinski definition) is 3. The molecule has 1 aromatic heterocycles. The zero-order valence-electron chi connectivity index (χ0n) is 17.5. The normalized spacial score (nSPS) is 17.6. The van der Waals surface area contributed by atoms with E-state index in [0.717, 1.165) is 11.3 Å². The number of alkyl halides is 2. The van der Waals surface area contributed by atoms with Crippen LogP contribution >= 0.6 is 0 Å². The van der Waals surface area contributed by atoms with Crippen molar-refractivity contribution in [1.29, 1.82) is 0 Å². The molecule has 1 aliphatic rings. The number of nitrogens with zero attached hydrogens (tertiary/aromatic N) is 3. The number of likely N-dealkylation sites (tertiary alicyclic amines) is 1. The summed E-state index contributed by atoms with van der Waals surface area (Å²) in [5, 5.41) is 6.59. The third kappa shape index (κ3) is 4.86. The molecule has 2 unspecified atom stereocenters. The van der Waals surface area contributed by atoms with Gasteiger partial charge >= 0.3 is 0 Å². The van der Waals surface area contributed by atoms with Crippen molar-refractivity contribution >= 4 is 11.8 Å². The monoisotopic (exact) mass is 418 g/mol. The number of aromatic nitrogens is 2. The lowest BCUT2D eigenvalue weighted by atomic mass is 10.0. The van der Waals surface area contributed by atoms with Gasteiger partial charge in [-0.1, -0.05) is 38.1 Å².